The highest BCUT2D eigenvalue weighted by atomic mass is 16.2. The Labute approximate surface area is 195 Å². The lowest BCUT2D eigenvalue weighted by Crippen LogP contribution is -2.28. The maximum atomic E-state index is 13.2. The molecule has 2 heterocycles. The normalized spacial score (nSPS) is 15.5. The number of benzene rings is 3. The first-order chi connectivity index (χ1) is 16.1. The van der Waals surface area contributed by atoms with Crippen molar-refractivity contribution in [1.29, 1.82) is 0 Å². The molecule has 1 aliphatic heterocycles. The average Bonchev–Trinajstić information content (AvgIpc) is 3.26. The van der Waals surface area contributed by atoms with E-state index >= 15 is 0 Å². The monoisotopic (exact) mass is 437 g/mol. The van der Waals surface area contributed by atoms with E-state index in [9.17, 15) is 4.79 Å². The lowest BCUT2D eigenvalue weighted by atomic mass is 9.89. The Bertz CT molecular complexity index is 1260. The Hall–Kier alpha value is -3.37. The van der Waals surface area contributed by atoms with Crippen LogP contribution in [-0.4, -0.2) is 23.6 Å². The van der Waals surface area contributed by atoms with Crippen LogP contribution in [0.25, 0.3) is 21.9 Å². The predicted octanol–water partition coefficient (Wildman–Crippen LogP) is 5.80. The summed E-state index contributed by atoms with van der Waals surface area (Å²) in [5.74, 6) is 0.587. The molecule has 1 saturated heterocycles. The van der Waals surface area contributed by atoms with Crippen LogP contribution in [0.4, 0.5) is 0 Å². The van der Waals surface area contributed by atoms with Crippen LogP contribution in [0.15, 0.2) is 79.0 Å². The molecular formula is C29H31N3O. The molecule has 33 heavy (non-hydrogen) atoms. The number of hydrogen-bond acceptors (Lipinski definition) is 2. The molecule has 2 N–H and O–H groups in total. The molecule has 168 valence electrons. The van der Waals surface area contributed by atoms with Crippen molar-refractivity contribution in [2.24, 2.45) is 7.05 Å². The molecule has 4 aromatic rings. The molecule has 0 radical (unpaired) electrons. The highest BCUT2D eigenvalue weighted by molar-refractivity contribution is 5.95. The molecule has 0 saturated carbocycles. The van der Waals surface area contributed by atoms with Crippen molar-refractivity contribution < 1.29 is 4.79 Å². The second kappa shape index (κ2) is 9.24. The number of hydrogen-bond donors (Lipinski definition) is 2. The third-order valence-corrected chi connectivity index (χ3v) is 6.93. The molecule has 0 spiro atoms. The van der Waals surface area contributed by atoms with E-state index in [4.69, 9.17) is 0 Å². The molecule has 1 aliphatic rings. The standard InChI is InChI=1S/C29H31N3O/c1-20(26-9-5-7-24-6-3-4-8-27(24)26)31-29(33)28-18-25(19-32(28)2)22-12-10-21(11-13-22)23-14-16-30-17-15-23/h3-13,18-20,23,30H,14-17H2,1-2H3,(H,31,33)/t20-/m1/s1. The van der Waals surface area contributed by atoms with Gasteiger partial charge in [0.25, 0.3) is 5.91 Å². The highest BCUT2D eigenvalue weighted by Crippen LogP contribution is 2.29. The van der Waals surface area contributed by atoms with Gasteiger partial charge in [-0.3, -0.25) is 4.79 Å². The van der Waals surface area contributed by atoms with Gasteiger partial charge in [0.2, 0.25) is 0 Å². The zero-order valence-electron chi connectivity index (χ0n) is 19.3. The maximum absolute atomic E-state index is 13.2. The van der Waals surface area contributed by atoms with E-state index in [1.807, 2.05) is 42.9 Å². The minimum absolute atomic E-state index is 0.0597. The van der Waals surface area contributed by atoms with Gasteiger partial charge in [-0.2, -0.15) is 0 Å². The molecule has 5 rings (SSSR count). The van der Waals surface area contributed by atoms with Crippen LogP contribution >= 0.6 is 0 Å². The lowest BCUT2D eigenvalue weighted by molar-refractivity contribution is 0.0932. The SMILES string of the molecule is C[C@@H](NC(=O)c1cc(-c2ccc(C3CCNCC3)cc2)cn1C)c1cccc2ccccc12. The molecule has 1 aromatic heterocycles. The number of rotatable bonds is 5. The molecule has 0 bridgehead atoms. The number of nitrogens with zero attached hydrogens (tertiary/aromatic N) is 1. The van der Waals surface area contributed by atoms with E-state index in [2.05, 4.69) is 65.2 Å². The van der Waals surface area contributed by atoms with Gasteiger partial charge in [-0.25, -0.2) is 0 Å². The molecule has 0 aliphatic carbocycles. The Morgan fingerprint density at radius 2 is 1.70 bits per heavy atom. The molecule has 3 aromatic carbocycles. The van der Waals surface area contributed by atoms with Crippen molar-refractivity contribution in [2.45, 2.75) is 31.7 Å². The third-order valence-electron chi connectivity index (χ3n) is 6.93. The summed E-state index contributed by atoms with van der Waals surface area (Å²) in [6.07, 6.45) is 4.44. The smallest absolute Gasteiger partial charge is 0.268 e. The number of nitrogens with one attached hydrogen (secondary N) is 2. The Morgan fingerprint density at radius 3 is 2.48 bits per heavy atom. The second-order valence-electron chi connectivity index (χ2n) is 9.13. The van der Waals surface area contributed by atoms with Gasteiger partial charge in [0.1, 0.15) is 5.69 Å². The lowest BCUT2D eigenvalue weighted by Gasteiger charge is -2.23. The van der Waals surface area contributed by atoms with Gasteiger partial charge in [0.15, 0.2) is 0 Å². The summed E-state index contributed by atoms with van der Waals surface area (Å²) in [6.45, 7) is 4.24. The summed E-state index contributed by atoms with van der Waals surface area (Å²) in [6, 6.07) is 25.3. The summed E-state index contributed by atoms with van der Waals surface area (Å²) >= 11 is 0. The van der Waals surface area contributed by atoms with E-state index in [0.717, 1.165) is 29.8 Å². The first kappa shape index (κ1) is 21.5. The number of fused-ring (bicyclic) bond motifs is 1. The van der Waals surface area contributed by atoms with Gasteiger partial charge in [0.05, 0.1) is 6.04 Å². The van der Waals surface area contributed by atoms with Crippen molar-refractivity contribution in [2.75, 3.05) is 13.1 Å². The highest BCUT2D eigenvalue weighted by Gasteiger charge is 2.18. The van der Waals surface area contributed by atoms with E-state index in [1.54, 1.807) is 0 Å². The van der Waals surface area contributed by atoms with Gasteiger partial charge >= 0.3 is 0 Å². The fourth-order valence-corrected chi connectivity index (χ4v) is 5.03. The largest absolute Gasteiger partial charge is 0.346 e. The minimum Gasteiger partial charge on any atom is -0.346 e. The first-order valence-corrected chi connectivity index (χ1v) is 11.9. The summed E-state index contributed by atoms with van der Waals surface area (Å²) in [5.41, 5.74) is 5.42. The first-order valence-electron chi connectivity index (χ1n) is 11.9. The van der Waals surface area contributed by atoms with Gasteiger partial charge in [-0.1, -0.05) is 66.7 Å². The van der Waals surface area contributed by atoms with E-state index < -0.39 is 0 Å². The van der Waals surface area contributed by atoms with Crippen LogP contribution in [0.2, 0.25) is 0 Å². The Morgan fingerprint density at radius 1 is 0.970 bits per heavy atom. The third kappa shape index (κ3) is 4.44. The number of aromatic nitrogens is 1. The van der Waals surface area contributed by atoms with Crippen LogP contribution in [-0.2, 0) is 7.05 Å². The van der Waals surface area contributed by atoms with Crippen LogP contribution in [0.5, 0.6) is 0 Å². The van der Waals surface area contributed by atoms with Gasteiger partial charge < -0.3 is 15.2 Å². The summed E-state index contributed by atoms with van der Waals surface area (Å²) in [5, 5.41) is 8.99. The Kier molecular flexibility index (Phi) is 6.01. The van der Waals surface area contributed by atoms with Crippen molar-refractivity contribution in [3.63, 3.8) is 0 Å². The molecule has 1 atom stereocenters. The zero-order chi connectivity index (χ0) is 22.8. The van der Waals surface area contributed by atoms with Crippen LogP contribution in [0.3, 0.4) is 0 Å². The quantitative estimate of drug-likeness (QED) is 0.414. The second-order valence-corrected chi connectivity index (χ2v) is 9.13. The van der Waals surface area contributed by atoms with Crippen LogP contribution in [0.1, 0.15) is 53.3 Å². The van der Waals surface area contributed by atoms with E-state index in [-0.39, 0.29) is 11.9 Å². The zero-order valence-corrected chi connectivity index (χ0v) is 19.3. The Balaban J connectivity index is 1.33. The topological polar surface area (TPSA) is 46.1 Å². The molecule has 4 nitrogen and oxygen atoms in total. The molecule has 1 fully saturated rings. The molecular weight excluding hydrogens is 406 g/mol. The maximum Gasteiger partial charge on any atom is 0.268 e. The summed E-state index contributed by atoms with van der Waals surface area (Å²) in [7, 11) is 1.93. The minimum atomic E-state index is -0.0915. The molecule has 0 unspecified atom stereocenters. The summed E-state index contributed by atoms with van der Waals surface area (Å²) < 4.78 is 1.92. The summed E-state index contributed by atoms with van der Waals surface area (Å²) in [4.78, 5) is 13.2. The van der Waals surface area contributed by atoms with Crippen molar-refractivity contribution in [3.05, 3.63) is 95.8 Å². The predicted molar refractivity (Wildman–Crippen MR) is 136 cm³/mol. The molecule has 4 heteroatoms. The number of carbonyl (C=O) groups excluding carboxylic acids is 1. The number of carbonyl (C=O) groups is 1. The van der Waals surface area contributed by atoms with Gasteiger partial charge in [0, 0.05) is 18.8 Å². The van der Waals surface area contributed by atoms with E-state index in [1.165, 1.54) is 29.2 Å². The van der Waals surface area contributed by atoms with Crippen molar-refractivity contribution >= 4 is 16.7 Å². The number of piperidine rings is 1. The number of aryl methyl sites for hydroxylation is 1. The van der Waals surface area contributed by atoms with Crippen molar-refractivity contribution in [3.8, 4) is 11.1 Å². The van der Waals surface area contributed by atoms with Gasteiger partial charge in [-0.05, 0) is 72.3 Å². The molecule has 1 amide bonds. The van der Waals surface area contributed by atoms with Crippen LogP contribution < -0.4 is 10.6 Å². The fourth-order valence-electron chi connectivity index (χ4n) is 5.03. The van der Waals surface area contributed by atoms with Crippen molar-refractivity contribution in [1.82, 2.24) is 15.2 Å². The van der Waals surface area contributed by atoms with Gasteiger partial charge in [-0.15, -0.1) is 0 Å². The fraction of sp³-hybridized carbons (Fsp3) is 0.276. The average molecular weight is 438 g/mol. The van der Waals surface area contributed by atoms with E-state index in [0.29, 0.717) is 11.6 Å². The number of amides is 1. The van der Waals surface area contributed by atoms with Crippen LogP contribution in [0, 0.1) is 0 Å².